The zero-order valence-electron chi connectivity index (χ0n) is 10.8. The second kappa shape index (κ2) is 7.82. The zero-order valence-corrected chi connectivity index (χ0v) is 11.6. The average Bonchev–Trinajstić information content (AvgIpc) is 2.32. The lowest BCUT2D eigenvalue weighted by molar-refractivity contribution is 0.322. The van der Waals surface area contributed by atoms with Gasteiger partial charge in [0.25, 0.3) is 0 Å². The van der Waals surface area contributed by atoms with Crippen LogP contribution in [0.3, 0.4) is 0 Å². The summed E-state index contributed by atoms with van der Waals surface area (Å²) >= 11 is 5.84. The summed E-state index contributed by atoms with van der Waals surface area (Å²) in [6.45, 7) is 6.05. The van der Waals surface area contributed by atoms with Crippen LogP contribution in [0.1, 0.15) is 13.8 Å². The maximum atomic E-state index is 5.84. The Balaban J connectivity index is 2.20. The second-order valence-electron chi connectivity index (χ2n) is 4.35. The lowest BCUT2D eigenvalue weighted by Crippen LogP contribution is -2.35. The van der Waals surface area contributed by atoms with Crippen LogP contribution in [0.2, 0.25) is 5.02 Å². The Hall–Kier alpha value is -1.42. The Labute approximate surface area is 113 Å². The molecule has 0 amide bonds. The van der Waals surface area contributed by atoms with E-state index in [1.54, 1.807) is 6.07 Å². The molecule has 0 heterocycles. The van der Waals surface area contributed by atoms with Crippen LogP contribution in [-0.4, -0.2) is 25.7 Å². The summed E-state index contributed by atoms with van der Waals surface area (Å²) in [4.78, 5) is 4.19. The number of halogens is 1. The van der Waals surface area contributed by atoms with Gasteiger partial charge in [-0.3, -0.25) is 4.99 Å². The third-order valence-electron chi connectivity index (χ3n) is 2.10. The van der Waals surface area contributed by atoms with Crippen molar-refractivity contribution in [2.24, 2.45) is 16.6 Å². The van der Waals surface area contributed by atoms with Crippen LogP contribution in [0, 0.1) is 5.92 Å². The minimum atomic E-state index is 0.457. The van der Waals surface area contributed by atoms with Gasteiger partial charge >= 0.3 is 0 Å². The van der Waals surface area contributed by atoms with Gasteiger partial charge < -0.3 is 15.8 Å². The van der Waals surface area contributed by atoms with Gasteiger partial charge in [0.1, 0.15) is 12.4 Å². The highest BCUT2D eigenvalue weighted by Gasteiger charge is 1.96. The number of ether oxygens (including phenoxy) is 1. The summed E-state index contributed by atoms with van der Waals surface area (Å²) in [6.07, 6.45) is 0. The Morgan fingerprint density at radius 1 is 1.50 bits per heavy atom. The molecule has 0 saturated carbocycles. The Morgan fingerprint density at radius 2 is 2.28 bits per heavy atom. The van der Waals surface area contributed by atoms with Crippen molar-refractivity contribution in [3.63, 3.8) is 0 Å². The first kappa shape index (κ1) is 14.6. The highest BCUT2D eigenvalue weighted by atomic mass is 35.5. The number of aliphatic imine (C=N–C) groups is 1. The van der Waals surface area contributed by atoms with Crippen molar-refractivity contribution >= 4 is 17.6 Å². The number of hydrogen-bond acceptors (Lipinski definition) is 2. The van der Waals surface area contributed by atoms with Crippen LogP contribution in [0.15, 0.2) is 29.3 Å². The molecule has 0 spiro atoms. The quantitative estimate of drug-likeness (QED) is 0.473. The molecule has 0 aliphatic carbocycles. The fourth-order valence-electron chi connectivity index (χ4n) is 1.24. The molecule has 0 radical (unpaired) electrons. The molecule has 0 aliphatic rings. The van der Waals surface area contributed by atoms with E-state index in [1.807, 2.05) is 18.2 Å². The summed E-state index contributed by atoms with van der Waals surface area (Å²) in [5.74, 6) is 1.72. The summed E-state index contributed by atoms with van der Waals surface area (Å²) in [5, 5.41) is 3.66. The zero-order chi connectivity index (χ0) is 13.4. The molecule has 1 aromatic carbocycles. The number of nitrogens with zero attached hydrogens (tertiary/aromatic N) is 1. The van der Waals surface area contributed by atoms with Crippen LogP contribution in [-0.2, 0) is 0 Å². The topological polar surface area (TPSA) is 59.6 Å². The molecule has 4 nitrogen and oxygen atoms in total. The van der Waals surface area contributed by atoms with Crippen LogP contribution < -0.4 is 15.8 Å². The maximum Gasteiger partial charge on any atom is 0.188 e. The van der Waals surface area contributed by atoms with Gasteiger partial charge in [0.05, 0.1) is 6.54 Å². The third-order valence-corrected chi connectivity index (χ3v) is 2.33. The minimum Gasteiger partial charge on any atom is -0.492 e. The largest absolute Gasteiger partial charge is 0.492 e. The number of benzene rings is 1. The minimum absolute atomic E-state index is 0.457. The van der Waals surface area contributed by atoms with E-state index in [2.05, 4.69) is 24.2 Å². The number of rotatable bonds is 6. The lowest BCUT2D eigenvalue weighted by atomic mass is 10.2. The fraction of sp³-hybridized carbons (Fsp3) is 0.462. The van der Waals surface area contributed by atoms with Gasteiger partial charge in [0, 0.05) is 11.6 Å². The summed E-state index contributed by atoms with van der Waals surface area (Å²) in [6, 6.07) is 7.30. The molecule has 0 bridgehead atoms. The fourth-order valence-corrected chi connectivity index (χ4v) is 1.42. The molecule has 18 heavy (non-hydrogen) atoms. The van der Waals surface area contributed by atoms with Crippen molar-refractivity contribution in [1.29, 1.82) is 0 Å². The van der Waals surface area contributed by atoms with Crippen molar-refractivity contribution in [3.8, 4) is 5.75 Å². The summed E-state index contributed by atoms with van der Waals surface area (Å²) < 4.78 is 5.51. The number of guanidine groups is 1. The monoisotopic (exact) mass is 269 g/mol. The van der Waals surface area contributed by atoms with Gasteiger partial charge in [-0.1, -0.05) is 31.5 Å². The van der Waals surface area contributed by atoms with Crippen molar-refractivity contribution in [3.05, 3.63) is 29.3 Å². The van der Waals surface area contributed by atoms with Crippen molar-refractivity contribution in [2.45, 2.75) is 13.8 Å². The molecule has 0 atom stereocenters. The van der Waals surface area contributed by atoms with Gasteiger partial charge in [0.15, 0.2) is 5.96 Å². The van der Waals surface area contributed by atoms with Crippen LogP contribution in [0.5, 0.6) is 5.75 Å². The van der Waals surface area contributed by atoms with Gasteiger partial charge in [-0.25, -0.2) is 0 Å². The van der Waals surface area contributed by atoms with E-state index in [0.717, 1.165) is 12.3 Å². The number of nitrogens with one attached hydrogen (secondary N) is 1. The van der Waals surface area contributed by atoms with E-state index in [1.165, 1.54) is 0 Å². The molecule has 0 aromatic heterocycles. The highest BCUT2D eigenvalue weighted by molar-refractivity contribution is 6.30. The molecular weight excluding hydrogens is 250 g/mol. The smallest absolute Gasteiger partial charge is 0.188 e. The molecule has 5 heteroatoms. The molecule has 1 aromatic rings. The van der Waals surface area contributed by atoms with Gasteiger partial charge in [-0.05, 0) is 24.1 Å². The first-order valence-corrected chi connectivity index (χ1v) is 6.38. The number of nitrogens with two attached hydrogens (primary N) is 1. The van der Waals surface area contributed by atoms with Crippen LogP contribution >= 0.6 is 11.6 Å². The average molecular weight is 270 g/mol. The SMILES string of the molecule is CC(C)CN=C(N)NCCOc1cccc(Cl)c1. The molecule has 1 rings (SSSR count). The van der Waals surface area contributed by atoms with E-state index in [0.29, 0.717) is 30.1 Å². The first-order valence-electron chi connectivity index (χ1n) is 6.00. The molecule has 0 fully saturated rings. The van der Waals surface area contributed by atoms with E-state index in [-0.39, 0.29) is 0 Å². The van der Waals surface area contributed by atoms with Gasteiger partial charge in [-0.2, -0.15) is 0 Å². The Kier molecular flexibility index (Phi) is 6.36. The molecule has 0 unspecified atom stereocenters. The standard InChI is InChI=1S/C13H20ClN3O/c1-10(2)9-17-13(15)16-6-7-18-12-5-3-4-11(14)8-12/h3-5,8,10H,6-7,9H2,1-2H3,(H3,15,16,17). The maximum absolute atomic E-state index is 5.84. The predicted molar refractivity (Wildman–Crippen MR) is 76.3 cm³/mol. The molecule has 0 aliphatic heterocycles. The molecule has 3 N–H and O–H groups in total. The van der Waals surface area contributed by atoms with Gasteiger partial charge in [-0.15, -0.1) is 0 Å². The van der Waals surface area contributed by atoms with E-state index in [4.69, 9.17) is 22.1 Å². The van der Waals surface area contributed by atoms with Crippen molar-refractivity contribution < 1.29 is 4.74 Å². The van der Waals surface area contributed by atoms with Crippen LogP contribution in [0.4, 0.5) is 0 Å². The molecular formula is C13H20ClN3O. The second-order valence-corrected chi connectivity index (χ2v) is 4.79. The van der Waals surface area contributed by atoms with E-state index in [9.17, 15) is 0 Å². The Bertz CT molecular complexity index is 394. The van der Waals surface area contributed by atoms with E-state index >= 15 is 0 Å². The highest BCUT2D eigenvalue weighted by Crippen LogP contribution is 2.16. The van der Waals surface area contributed by atoms with Crippen molar-refractivity contribution in [1.82, 2.24) is 5.32 Å². The first-order chi connectivity index (χ1) is 8.58. The van der Waals surface area contributed by atoms with Crippen molar-refractivity contribution in [2.75, 3.05) is 19.7 Å². The third kappa shape index (κ3) is 6.35. The molecule has 100 valence electrons. The Morgan fingerprint density at radius 3 is 2.94 bits per heavy atom. The van der Waals surface area contributed by atoms with Gasteiger partial charge in [0.2, 0.25) is 0 Å². The normalized spacial score (nSPS) is 11.7. The summed E-state index contributed by atoms with van der Waals surface area (Å²) in [5.41, 5.74) is 5.69. The molecule has 0 saturated heterocycles. The van der Waals surface area contributed by atoms with E-state index < -0.39 is 0 Å². The summed E-state index contributed by atoms with van der Waals surface area (Å²) in [7, 11) is 0. The lowest BCUT2D eigenvalue weighted by Gasteiger charge is -2.08. The number of hydrogen-bond donors (Lipinski definition) is 2. The predicted octanol–water partition coefficient (Wildman–Crippen LogP) is 2.28. The van der Waals surface area contributed by atoms with Crippen LogP contribution in [0.25, 0.3) is 0 Å².